The number of thioether (sulfide) groups is 1. The van der Waals surface area contributed by atoms with Crippen molar-refractivity contribution < 1.29 is 9.21 Å². The van der Waals surface area contributed by atoms with Gasteiger partial charge in [0, 0.05) is 5.56 Å². The lowest BCUT2D eigenvalue weighted by Crippen LogP contribution is -2.30. The second-order valence-corrected chi connectivity index (χ2v) is 6.20. The third kappa shape index (κ3) is 3.85. The van der Waals surface area contributed by atoms with E-state index in [4.69, 9.17) is 10.2 Å². The molecule has 6 heteroatoms. The van der Waals surface area contributed by atoms with Gasteiger partial charge in [-0.2, -0.15) is 0 Å². The molecule has 1 unspecified atom stereocenters. The van der Waals surface area contributed by atoms with E-state index in [0.717, 1.165) is 12.0 Å². The average Bonchev–Trinajstić information content (AvgIpc) is 2.93. The highest BCUT2D eigenvalue weighted by molar-refractivity contribution is 8.00. The summed E-state index contributed by atoms with van der Waals surface area (Å²) in [6, 6.07) is 7.98. The summed E-state index contributed by atoms with van der Waals surface area (Å²) in [7, 11) is 0. The molecular weight excluding hydrogens is 286 g/mol. The van der Waals surface area contributed by atoms with E-state index in [-0.39, 0.29) is 17.1 Å². The molecule has 0 saturated heterocycles. The number of carbonyl (C=O) groups is 1. The molecule has 0 spiro atoms. The highest BCUT2D eigenvalue weighted by atomic mass is 32.2. The Balaban J connectivity index is 2.15. The number of hydrogen-bond acceptors (Lipinski definition) is 5. The van der Waals surface area contributed by atoms with Gasteiger partial charge in [-0.15, -0.1) is 10.2 Å². The summed E-state index contributed by atoms with van der Waals surface area (Å²) in [5.74, 6) is 0.181. The second-order valence-electron chi connectivity index (χ2n) is 5.11. The first-order chi connectivity index (χ1) is 10.0. The van der Waals surface area contributed by atoms with Crippen molar-refractivity contribution in [2.24, 2.45) is 11.7 Å². The molecule has 0 aliphatic carbocycles. The molecule has 1 heterocycles. The average molecular weight is 305 g/mol. The summed E-state index contributed by atoms with van der Waals surface area (Å²) in [6.45, 7) is 5.97. The summed E-state index contributed by atoms with van der Waals surface area (Å²) < 4.78 is 5.61. The lowest BCUT2D eigenvalue weighted by Gasteiger charge is -2.13. The SMILES string of the molecule is CCc1ccc(-c2nnc(SC(C(N)=O)C(C)C)o2)cc1. The Bertz CT molecular complexity index is 608. The summed E-state index contributed by atoms with van der Waals surface area (Å²) in [5.41, 5.74) is 7.50. The molecule has 2 N–H and O–H groups in total. The van der Waals surface area contributed by atoms with E-state index in [2.05, 4.69) is 17.1 Å². The van der Waals surface area contributed by atoms with Crippen LogP contribution in [0.15, 0.2) is 33.9 Å². The Morgan fingerprint density at radius 2 is 1.95 bits per heavy atom. The van der Waals surface area contributed by atoms with Gasteiger partial charge in [0.15, 0.2) is 0 Å². The number of nitrogens with two attached hydrogens (primary N) is 1. The quantitative estimate of drug-likeness (QED) is 0.830. The van der Waals surface area contributed by atoms with E-state index in [9.17, 15) is 4.79 Å². The number of rotatable bonds is 6. The van der Waals surface area contributed by atoms with Crippen LogP contribution < -0.4 is 5.73 Å². The van der Waals surface area contributed by atoms with Gasteiger partial charge in [-0.25, -0.2) is 0 Å². The van der Waals surface area contributed by atoms with Crippen molar-refractivity contribution in [1.82, 2.24) is 10.2 Å². The summed E-state index contributed by atoms with van der Waals surface area (Å²) in [4.78, 5) is 11.4. The van der Waals surface area contributed by atoms with Crippen molar-refractivity contribution in [3.05, 3.63) is 29.8 Å². The number of carbonyl (C=O) groups excluding carboxylic acids is 1. The zero-order valence-electron chi connectivity index (χ0n) is 12.4. The maximum atomic E-state index is 11.4. The number of nitrogens with zero attached hydrogens (tertiary/aromatic N) is 2. The lowest BCUT2D eigenvalue weighted by atomic mass is 10.1. The zero-order valence-corrected chi connectivity index (χ0v) is 13.2. The summed E-state index contributed by atoms with van der Waals surface area (Å²) in [5, 5.41) is 7.99. The fraction of sp³-hybridized carbons (Fsp3) is 0.400. The molecule has 1 aromatic heterocycles. The molecule has 0 bridgehead atoms. The lowest BCUT2D eigenvalue weighted by molar-refractivity contribution is -0.118. The number of amides is 1. The van der Waals surface area contributed by atoms with Gasteiger partial charge in [0.2, 0.25) is 11.8 Å². The van der Waals surface area contributed by atoms with E-state index in [1.165, 1.54) is 17.3 Å². The first-order valence-corrected chi connectivity index (χ1v) is 7.78. The highest BCUT2D eigenvalue weighted by Gasteiger charge is 2.24. The third-order valence-corrected chi connectivity index (χ3v) is 4.53. The standard InChI is InChI=1S/C15H19N3O2S/c1-4-10-5-7-11(8-6-10)14-17-18-15(20-14)21-12(9(2)3)13(16)19/h5-9,12H,4H2,1-3H3,(H2,16,19). The maximum absolute atomic E-state index is 11.4. The molecule has 112 valence electrons. The summed E-state index contributed by atoms with van der Waals surface area (Å²) >= 11 is 1.21. The van der Waals surface area contributed by atoms with Gasteiger partial charge in [0.1, 0.15) is 0 Å². The third-order valence-electron chi connectivity index (χ3n) is 3.13. The molecule has 5 nitrogen and oxygen atoms in total. The minimum atomic E-state index is -0.374. The predicted octanol–water partition coefficient (Wildman–Crippen LogP) is 2.90. The fourth-order valence-electron chi connectivity index (χ4n) is 1.89. The van der Waals surface area contributed by atoms with Gasteiger partial charge in [0.25, 0.3) is 5.22 Å². The summed E-state index contributed by atoms with van der Waals surface area (Å²) in [6.07, 6.45) is 0.986. The largest absolute Gasteiger partial charge is 0.411 e. The normalized spacial score (nSPS) is 12.6. The predicted molar refractivity (Wildman–Crippen MR) is 82.8 cm³/mol. The minimum absolute atomic E-state index is 0.103. The molecule has 0 saturated carbocycles. The van der Waals surface area contributed by atoms with E-state index >= 15 is 0 Å². The Morgan fingerprint density at radius 1 is 1.29 bits per heavy atom. The molecule has 1 amide bonds. The van der Waals surface area contributed by atoms with Crippen molar-refractivity contribution >= 4 is 17.7 Å². The van der Waals surface area contributed by atoms with Crippen LogP contribution in [0, 0.1) is 5.92 Å². The Hall–Kier alpha value is -1.82. The van der Waals surface area contributed by atoms with Crippen molar-refractivity contribution in [3.8, 4) is 11.5 Å². The molecule has 2 rings (SSSR count). The fourth-order valence-corrected chi connectivity index (χ4v) is 2.71. The number of benzene rings is 1. The molecular formula is C15H19N3O2S. The second kappa shape index (κ2) is 6.76. The number of aromatic nitrogens is 2. The van der Waals surface area contributed by atoms with Crippen molar-refractivity contribution in [1.29, 1.82) is 0 Å². The number of primary amides is 1. The van der Waals surface area contributed by atoms with E-state index < -0.39 is 0 Å². The van der Waals surface area contributed by atoms with Gasteiger partial charge in [0.05, 0.1) is 5.25 Å². The minimum Gasteiger partial charge on any atom is -0.411 e. The van der Waals surface area contributed by atoms with Gasteiger partial charge in [-0.1, -0.05) is 44.7 Å². The van der Waals surface area contributed by atoms with E-state index in [0.29, 0.717) is 11.1 Å². The Kier molecular flexibility index (Phi) is 5.01. The molecule has 1 atom stereocenters. The van der Waals surface area contributed by atoms with Crippen LogP contribution in [0.4, 0.5) is 0 Å². The van der Waals surface area contributed by atoms with Crippen LogP contribution in [-0.4, -0.2) is 21.4 Å². The van der Waals surface area contributed by atoms with Crippen LogP contribution in [0.3, 0.4) is 0 Å². The van der Waals surface area contributed by atoms with Crippen LogP contribution in [-0.2, 0) is 11.2 Å². The van der Waals surface area contributed by atoms with Gasteiger partial charge in [-0.3, -0.25) is 4.79 Å². The van der Waals surface area contributed by atoms with Crippen LogP contribution in [0.5, 0.6) is 0 Å². The zero-order chi connectivity index (χ0) is 15.4. The molecule has 1 aromatic carbocycles. The van der Waals surface area contributed by atoms with Crippen LogP contribution in [0.2, 0.25) is 0 Å². The first kappa shape index (κ1) is 15.6. The molecule has 0 radical (unpaired) electrons. The van der Waals surface area contributed by atoms with Crippen molar-refractivity contribution in [2.45, 2.75) is 37.7 Å². The smallest absolute Gasteiger partial charge is 0.277 e. The monoisotopic (exact) mass is 305 g/mol. The van der Waals surface area contributed by atoms with Crippen LogP contribution in [0.1, 0.15) is 26.3 Å². The molecule has 2 aromatic rings. The van der Waals surface area contributed by atoms with Crippen molar-refractivity contribution in [2.75, 3.05) is 0 Å². The Labute approximate surface area is 128 Å². The highest BCUT2D eigenvalue weighted by Crippen LogP contribution is 2.29. The number of aryl methyl sites for hydroxylation is 1. The first-order valence-electron chi connectivity index (χ1n) is 6.90. The van der Waals surface area contributed by atoms with Gasteiger partial charge < -0.3 is 10.2 Å². The maximum Gasteiger partial charge on any atom is 0.277 e. The molecule has 0 aliphatic rings. The topological polar surface area (TPSA) is 82.0 Å². The molecule has 0 aliphatic heterocycles. The Morgan fingerprint density at radius 3 is 2.48 bits per heavy atom. The van der Waals surface area contributed by atoms with E-state index in [1.54, 1.807) is 0 Å². The van der Waals surface area contributed by atoms with Crippen LogP contribution in [0.25, 0.3) is 11.5 Å². The van der Waals surface area contributed by atoms with Gasteiger partial charge in [-0.05, 0) is 30.0 Å². The van der Waals surface area contributed by atoms with E-state index in [1.807, 2.05) is 38.1 Å². The number of hydrogen-bond donors (Lipinski definition) is 1. The van der Waals surface area contributed by atoms with Gasteiger partial charge >= 0.3 is 0 Å². The molecule has 21 heavy (non-hydrogen) atoms. The van der Waals surface area contributed by atoms with Crippen molar-refractivity contribution in [3.63, 3.8) is 0 Å². The molecule has 0 fully saturated rings. The van der Waals surface area contributed by atoms with Crippen LogP contribution >= 0.6 is 11.8 Å².